The van der Waals surface area contributed by atoms with Crippen LogP contribution in [-0.2, 0) is 0 Å². The van der Waals surface area contributed by atoms with E-state index in [9.17, 15) is 2.74 Å². The smallest absolute Gasteiger partial charge is 0.136 e. The lowest BCUT2D eigenvalue weighted by molar-refractivity contribution is 0.669. The Morgan fingerprint density at radius 2 is 0.911 bits per heavy atom. The lowest BCUT2D eigenvalue weighted by atomic mass is 9.83. The van der Waals surface area contributed by atoms with Gasteiger partial charge in [0.05, 0.1) is 5.48 Å². The highest BCUT2D eigenvalue weighted by Crippen LogP contribution is 2.48. The molecule has 0 aliphatic carbocycles. The monoisotopic (exact) mass is 576 g/mol. The van der Waals surface area contributed by atoms with Gasteiger partial charge < -0.3 is 4.42 Å². The first-order valence-corrected chi connectivity index (χ1v) is 15.1. The van der Waals surface area contributed by atoms with Crippen molar-refractivity contribution in [1.82, 2.24) is 0 Å². The van der Waals surface area contributed by atoms with Crippen LogP contribution >= 0.6 is 0 Å². The summed E-state index contributed by atoms with van der Waals surface area (Å²) in [5.41, 5.74) is 7.99. The highest BCUT2D eigenvalue weighted by molar-refractivity contribution is 6.23. The largest absolute Gasteiger partial charge is 0.456 e. The van der Waals surface area contributed by atoms with Gasteiger partial charge in [0, 0.05) is 10.8 Å². The maximum Gasteiger partial charge on any atom is 0.136 e. The van der Waals surface area contributed by atoms with E-state index in [0.29, 0.717) is 16.7 Å². The van der Waals surface area contributed by atoms with E-state index in [0.717, 1.165) is 71.3 Å². The van der Waals surface area contributed by atoms with Crippen LogP contribution in [0.15, 0.2) is 174 Å². The number of para-hydroxylation sites is 1. The summed E-state index contributed by atoms with van der Waals surface area (Å²) in [5, 5.41) is 5.79. The number of rotatable bonds is 4. The van der Waals surface area contributed by atoms with E-state index >= 15 is 0 Å². The highest BCUT2D eigenvalue weighted by atomic mass is 16.3. The maximum atomic E-state index is 9.53. The van der Waals surface area contributed by atoms with Crippen molar-refractivity contribution in [3.05, 3.63) is 170 Å². The molecule has 9 aromatic rings. The highest BCUT2D eigenvalue weighted by Gasteiger charge is 2.21. The molecule has 0 atom stereocenters. The molecule has 1 heteroatoms. The van der Waals surface area contributed by atoms with Gasteiger partial charge in [0.1, 0.15) is 11.2 Å². The van der Waals surface area contributed by atoms with Crippen LogP contribution in [0.1, 0.15) is 5.48 Å². The van der Waals surface area contributed by atoms with Crippen LogP contribution in [-0.4, -0.2) is 0 Å². The molecular formula is C44H28O. The predicted octanol–water partition coefficient (Wildman–Crippen LogP) is 12.6. The molecule has 8 aromatic carbocycles. The Morgan fingerprint density at radius 1 is 0.378 bits per heavy atom. The SMILES string of the molecule is [2H]c1c([2H])c(-c2ccccc2)c([2H])c(-c2c3ccccc3c(-c3cc4c(cc3-c3ccccc3)oc3ccccc34)c3ccccc23)c1[2H]. The first kappa shape index (κ1) is 21.7. The Bertz CT molecular complexity index is 2690. The van der Waals surface area contributed by atoms with Crippen molar-refractivity contribution in [2.24, 2.45) is 0 Å². The third-order valence-electron chi connectivity index (χ3n) is 8.74. The lowest BCUT2D eigenvalue weighted by Crippen LogP contribution is -1.93. The Morgan fingerprint density at radius 3 is 1.58 bits per heavy atom. The fourth-order valence-electron chi connectivity index (χ4n) is 6.74. The summed E-state index contributed by atoms with van der Waals surface area (Å²) in [6.07, 6.45) is 0. The van der Waals surface area contributed by atoms with Crippen molar-refractivity contribution in [2.45, 2.75) is 0 Å². The van der Waals surface area contributed by atoms with Crippen molar-refractivity contribution in [3.63, 3.8) is 0 Å². The molecule has 1 aromatic heterocycles. The minimum absolute atomic E-state index is 0.0801. The predicted molar refractivity (Wildman–Crippen MR) is 190 cm³/mol. The summed E-state index contributed by atoms with van der Waals surface area (Å²) >= 11 is 0. The number of hydrogen-bond acceptors (Lipinski definition) is 1. The van der Waals surface area contributed by atoms with Gasteiger partial charge in [-0.2, -0.15) is 0 Å². The molecule has 0 radical (unpaired) electrons. The second kappa shape index (κ2) is 10.4. The zero-order valence-corrected chi connectivity index (χ0v) is 24.3. The molecule has 0 aliphatic heterocycles. The van der Waals surface area contributed by atoms with Gasteiger partial charge in [0.25, 0.3) is 0 Å². The number of furan rings is 1. The van der Waals surface area contributed by atoms with Crippen LogP contribution in [0.5, 0.6) is 0 Å². The van der Waals surface area contributed by atoms with Crippen LogP contribution in [0.3, 0.4) is 0 Å². The Labute approximate surface area is 267 Å². The Hall–Kier alpha value is -5.92. The van der Waals surface area contributed by atoms with Crippen LogP contribution in [0.4, 0.5) is 0 Å². The average Bonchev–Trinajstić information content (AvgIpc) is 3.52. The first-order valence-electron chi connectivity index (χ1n) is 17.1. The number of hydrogen-bond donors (Lipinski definition) is 0. The quantitative estimate of drug-likeness (QED) is 0.190. The summed E-state index contributed by atoms with van der Waals surface area (Å²) in [5.74, 6) is 0. The van der Waals surface area contributed by atoms with E-state index in [4.69, 9.17) is 7.16 Å². The molecule has 0 N–H and O–H groups in total. The van der Waals surface area contributed by atoms with Crippen LogP contribution < -0.4 is 0 Å². The van der Waals surface area contributed by atoms with Gasteiger partial charge in [-0.1, -0.05) is 146 Å². The summed E-state index contributed by atoms with van der Waals surface area (Å²) in [6, 6.07) is 48.2. The van der Waals surface area contributed by atoms with Crippen molar-refractivity contribution in [1.29, 1.82) is 0 Å². The molecule has 0 amide bonds. The van der Waals surface area contributed by atoms with Gasteiger partial charge in [-0.3, -0.25) is 0 Å². The Kier molecular flexibility index (Phi) is 5.00. The fourth-order valence-corrected chi connectivity index (χ4v) is 6.74. The van der Waals surface area contributed by atoms with E-state index in [1.807, 2.05) is 103 Å². The zero-order chi connectivity index (χ0) is 33.2. The standard InChI is InChI=1S/C44H28O/c1-3-14-29(15-4-1)31-18-13-19-32(26-31)43-34-21-7-9-23-36(34)44(37-24-10-8-22-35(37)43)40-27-39-33-20-11-12-25-41(33)45-42(39)28-38(40)30-16-5-2-6-17-30/h1-28H/i13D,18D,19D,26D. The average molecular weight is 577 g/mol. The molecule has 0 fully saturated rings. The normalized spacial score (nSPS) is 12.8. The zero-order valence-electron chi connectivity index (χ0n) is 28.3. The minimum Gasteiger partial charge on any atom is -0.456 e. The van der Waals surface area contributed by atoms with Crippen molar-refractivity contribution < 1.29 is 9.90 Å². The summed E-state index contributed by atoms with van der Waals surface area (Å²) in [7, 11) is 0. The lowest BCUT2D eigenvalue weighted by Gasteiger charge is -2.20. The van der Waals surface area contributed by atoms with E-state index in [1.165, 1.54) is 0 Å². The van der Waals surface area contributed by atoms with Gasteiger partial charge >= 0.3 is 0 Å². The van der Waals surface area contributed by atoms with Crippen molar-refractivity contribution in [2.75, 3.05) is 0 Å². The number of benzene rings is 8. The summed E-state index contributed by atoms with van der Waals surface area (Å²) in [6.45, 7) is 0. The third-order valence-corrected chi connectivity index (χ3v) is 8.74. The molecule has 0 aliphatic rings. The van der Waals surface area contributed by atoms with Crippen LogP contribution in [0.25, 0.3) is 88.0 Å². The molecule has 0 unspecified atom stereocenters. The van der Waals surface area contributed by atoms with E-state index < -0.39 is 0 Å². The van der Waals surface area contributed by atoms with Gasteiger partial charge in [0.15, 0.2) is 0 Å². The molecule has 0 spiro atoms. The first-order chi connectivity index (χ1) is 24.0. The van der Waals surface area contributed by atoms with Gasteiger partial charge in [0.2, 0.25) is 0 Å². The van der Waals surface area contributed by atoms with E-state index in [2.05, 4.69) is 42.5 Å². The fraction of sp³-hybridized carbons (Fsp3) is 0. The molecule has 0 saturated carbocycles. The third kappa shape index (κ3) is 4.17. The maximum absolute atomic E-state index is 9.53. The van der Waals surface area contributed by atoms with Gasteiger partial charge in [-0.25, -0.2) is 0 Å². The van der Waals surface area contributed by atoms with Crippen molar-refractivity contribution >= 4 is 43.5 Å². The van der Waals surface area contributed by atoms with Gasteiger partial charge in [-0.15, -0.1) is 0 Å². The molecule has 0 saturated heterocycles. The molecular weight excluding hydrogens is 544 g/mol. The van der Waals surface area contributed by atoms with E-state index in [-0.39, 0.29) is 24.2 Å². The van der Waals surface area contributed by atoms with E-state index in [1.54, 1.807) is 0 Å². The van der Waals surface area contributed by atoms with Crippen LogP contribution in [0, 0.1) is 0 Å². The molecule has 1 nitrogen and oxygen atoms in total. The molecule has 9 rings (SSSR count). The number of fused-ring (bicyclic) bond motifs is 5. The Balaban J connectivity index is 1.45. The second-order valence-electron chi connectivity index (χ2n) is 11.3. The molecule has 0 bridgehead atoms. The summed E-state index contributed by atoms with van der Waals surface area (Å²) < 4.78 is 42.8. The minimum atomic E-state index is -0.189. The van der Waals surface area contributed by atoms with Gasteiger partial charge in [-0.05, 0) is 90.3 Å². The van der Waals surface area contributed by atoms with Crippen molar-refractivity contribution in [3.8, 4) is 44.5 Å². The second-order valence-corrected chi connectivity index (χ2v) is 11.3. The molecule has 1 heterocycles. The van der Waals surface area contributed by atoms with Crippen LogP contribution in [0.2, 0.25) is 0 Å². The molecule has 210 valence electrons. The molecule has 45 heavy (non-hydrogen) atoms. The topological polar surface area (TPSA) is 13.1 Å². The summed E-state index contributed by atoms with van der Waals surface area (Å²) in [4.78, 5) is 0.